The van der Waals surface area contributed by atoms with Crippen LogP contribution < -0.4 is 10.9 Å². The molecule has 1 aromatic heterocycles. The number of hydrogen-bond donors (Lipinski definition) is 2. The maximum absolute atomic E-state index is 12.2. The van der Waals surface area contributed by atoms with E-state index in [2.05, 4.69) is 16.0 Å². The van der Waals surface area contributed by atoms with Gasteiger partial charge in [0.2, 0.25) is 0 Å². The van der Waals surface area contributed by atoms with Gasteiger partial charge in [0, 0.05) is 27.9 Å². The van der Waals surface area contributed by atoms with E-state index in [1.54, 1.807) is 18.2 Å². The van der Waals surface area contributed by atoms with Crippen molar-refractivity contribution in [2.45, 2.75) is 33.7 Å². The first-order chi connectivity index (χ1) is 14.9. The second-order valence-corrected chi connectivity index (χ2v) is 7.57. The van der Waals surface area contributed by atoms with Gasteiger partial charge in [-0.05, 0) is 55.7 Å². The normalized spacial score (nSPS) is 11.0. The van der Waals surface area contributed by atoms with Crippen LogP contribution in [0.2, 0.25) is 5.02 Å². The summed E-state index contributed by atoms with van der Waals surface area (Å²) in [6.45, 7) is 6.41. The lowest BCUT2D eigenvalue weighted by Gasteiger charge is -2.07. The predicted molar refractivity (Wildman–Crippen MR) is 123 cm³/mol. The molecule has 0 fully saturated rings. The summed E-state index contributed by atoms with van der Waals surface area (Å²) in [7, 11) is 0. The van der Waals surface area contributed by atoms with Gasteiger partial charge >= 0.3 is 0 Å². The molecule has 3 rings (SSSR count). The van der Waals surface area contributed by atoms with Gasteiger partial charge in [0.05, 0.1) is 12.2 Å². The third-order valence-corrected chi connectivity index (χ3v) is 5.41. The Hall–Kier alpha value is -3.38. The molecule has 3 aromatic rings. The molecule has 0 aliphatic heterocycles. The fraction of sp³-hybridized carbons (Fsp3) is 0.208. The smallest absolute Gasteiger partial charge is 0.268 e. The molecule has 31 heavy (non-hydrogen) atoms. The van der Waals surface area contributed by atoms with E-state index in [1.807, 2.05) is 61.9 Å². The zero-order chi connectivity index (χ0) is 22.4. The number of nitrogens with zero attached hydrogens (tertiary/aromatic N) is 2. The second-order valence-electron chi connectivity index (χ2n) is 7.16. The molecular formula is C24H25ClN4O2. The van der Waals surface area contributed by atoms with E-state index in [9.17, 15) is 9.59 Å². The molecule has 2 N–H and O–H groups in total. The van der Waals surface area contributed by atoms with Crippen molar-refractivity contribution < 1.29 is 9.59 Å². The van der Waals surface area contributed by atoms with E-state index >= 15 is 0 Å². The molecule has 0 atom stereocenters. The first kappa shape index (κ1) is 22.3. The van der Waals surface area contributed by atoms with Crippen molar-refractivity contribution in [2.75, 3.05) is 0 Å². The largest absolute Gasteiger partial charge is 0.269 e. The molecule has 160 valence electrons. The van der Waals surface area contributed by atoms with Crippen LogP contribution in [0.25, 0.3) is 6.08 Å². The molecular weight excluding hydrogens is 412 g/mol. The molecule has 2 aromatic carbocycles. The van der Waals surface area contributed by atoms with Crippen LogP contribution in [-0.4, -0.2) is 21.6 Å². The third-order valence-electron chi connectivity index (χ3n) is 5.04. The summed E-state index contributed by atoms with van der Waals surface area (Å²) >= 11 is 6.25. The molecule has 0 bridgehead atoms. The van der Waals surface area contributed by atoms with Crippen LogP contribution in [0.5, 0.6) is 0 Å². The van der Waals surface area contributed by atoms with Crippen molar-refractivity contribution in [3.05, 3.63) is 93.3 Å². The van der Waals surface area contributed by atoms with Gasteiger partial charge in [0.25, 0.3) is 11.8 Å². The predicted octanol–water partition coefficient (Wildman–Crippen LogP) is 4.24. The van der Waals surface area contributed by atoms with Crippen molar-refractivity contribution in [1.82, 2.24) is 20.6 Å². The number of hydrazine groups is 1. The van der Waals surface area contributed by atoms with Gasteiger partial charge in [-0.3, -0.25) is 25.1 Å². The average molecular weight is 437 g/mol. The van der Waals surface area contributed by atoms with Crippen LogP contribution in [0.3, 0.4) is 0 Å². The van der Waals surface area contributed by atoms with E-state index in [4.69, 9.17) is 11.6 Å². The molecule has 6 nitrogen and oxygen atoms in total. The number of hydrogen-bond acceptors (Lipinski definition) is 3. The minimum atomic E-state index is -0.434. The van der Waals surface area contributed by atoms with E-state index in [0.29, 0.717) is 17.1 Å². The van der Waals surface area contributed by atoms with E-state index < -0.39 is 5.91 Å². The number of aromatic nitrogens is 2. The molecule has 0 saturated carbocycles. The van der Waals surface area contributed by atoms with Gasteiger partial charge < -0.3 is 0 Å². The highest BCUT2D eigenvalue weighted by Gasteiger charge is 2.11. The minimum absolute atomic E-state index is 0.371. The summed E-state index contributed by atoms with van der Waals surface area (Å²) in [5.41, 5.74) is 9.99. The Morgan fingerprint density at radius 3 is 2.45 bits per heavy atom. The van der Waals surface area contributed by atoms with Gasteiger partial charge in [0.1, 0.15) is 0 Å². The number of halogens is 1. The van der Waals surface area contributed by atoms with E-state index in [0.717, 1.165) is 34.5 Å². The van der Waals surface area contributed by atoms with Gasteiger partial charge in [-0.15, -0.1) is 0 Å². The van der Waals surface area contributed by atoms with Crippen molar-refractivity contribution >= 4 is 29.5 Å². The Labute approximate surface area is 186 Å². The van der Waals surface area contributed by atoms with Gasteiger partial charge in [0.15, 0.2) is 0 Å². The highest BCUT2D eigenvalue weighted by atomic mass is 35.5. The van der Waals surface area contributed by atoms with Crippen LogP contribution in [-0.2, 0) is 17.8 Å². The summed E-state index contributed by atoms with van der Waals surface area (Å²) in [4.78, 5) is 24.3. The average Bonchev–Trinajstić information content (AvgIpc) is 3.04. The first-order valence-electron chi connectivity index (χ1n) is 10.0. The number of carbonyl (C=O) groups is 2. The molecule has 0 aliphatic carbocycles. The third kappa shape index (κ3) is 5.61. The number of benzene rings is 2. The highest BCUT2D eigenvalue weighted by molar-refractivity contribution is 6.31. The lowest BCUT2D eigenvalue weighted by Crippen LogP contribution is -2.40. The Morgan fingerprint density at radius 2 is 1.77 bits per heavy atom. The first-order valence-corrected chi connectivity index (χ1v) is 10.4. The van der Waals surface area contributed by atoms with Crippen LogP contribution in [0.1, 0.15) is 45.4 Å². The highest BCUT2D eigenvalue weighted by Crippen LogP contribution is 2.20. The fourth-order valence-electron chi connectivity index (χ4n) is 3.18. The van der Waals surface area contributed by atoms with Gasteiger partial charge in [-0.1, -0.05) is 48.9 Å². The summed E-state index contributed by atoms with van der Waals surface area (Å²) in [6.07, 6.45) is 3.97. The molecule has 0 radical (unpaired) electrons. The monoisotopic (exact) mass is 436 g/mol. The standard InChI is InChI=1S/C24H25ClN4O2/c1-4-18-9-11-19(12-10-18)24(31)27-26-23(30)14-13-21-16(2)28-29(17(21)3)15-20-7-5-6-8-22(20)25/h5-14H,4,15H2,1-3H3,(H,26,30)(H,27,31)/b14-13+. The van der Waals surface area contributed by atoms with Crippen LogP contribution in [0, 0.1) is 13.8 Å². The lowest BCUT2D eigenvalue weighted by molar-refractivity contribution is -0.117. The van der Waals surface area contributed by atoms with Crippen molar-refractivity contribution in [2.24, 2.45) is 0 Å². The maximum Gasteiger partial charge on any atom is 0.269 e. The van der Waals surface area contributed by atoms with E-state index in [1.165, 1.54) is 6.08 Å². The topological polar surface area (TPSA) is 76.0 Å². The van der Waals surface area contributed by atoms with Crippen LogP contribution in [0.15, 0.2) is 54.6 Å². The molecule has 0 spiro atoms. The molecule has 2 amide bonds. The number of aryl methyl sites for hydroxylation is 2. The summed E-state index contributed by atoms with van der Waals surface area (Å²) < 4.78 is 1.86. The zero-order valence-corrected chi connectivity index (χ0v) is 18.5. The fourth-order valence-corrected chi connectivity index (χ4v) is 3.37. The second kappa shape index (κ2) is 10.1. The summed E-state index contributed by atoms with van der Waals surface area (Å²) in [6, 6.07) is 14.9. The Morgan fingerprint density at radius 1 is 1.06 bits per heavy atom. The Balaban J connectivity index is 1.61. The van der Waals surface area contributed by atoms with Crippen molar-refractivity contribution in [3.63, 3.8) is 0 Å². The SMILES string of the molecule is CCc1ccc(C(=O)NNC(=O)/C=C/c2c(C)nn(Cc3ccccc3Cl)c2C)cc1. The lowest BCUT2D eigenvalue weighted by atomic mass is 10.1. The molecule has 0 aliphatic rings. The molecule has 7 heteroatoms. The Bertz CT molecular complexity index is 1120. The summed E-state index contributed by atoms with van der Waals surface area (Å²) in [5, 5.41) is 5.24. The molecule has 0 saturated heterocycles. The van der Waals surface area contributed by atoms with Crippen molar-refractivity contribution in [1.29, 1.82) is 0 Å². The van der Waals surface area contributed by atoms with Gasteiger partial charge in [-0.2, -0.15) is 5.10 Å². The molecule has 1 heterocycles. The number of rotatable bonds is 6. The maximum atomic E-state index is 12.2. The van der Waals surface area contributed by atoms with Crippen LogP contribution >= 0.6 is 11.6 Å². The van der Waals surface area contributed by atoms with Gasteiger partial charge in [-0.25, -0.2) is 0 Å². The minimum Gasteiger partial charge on any atom is -0.268 e. The van der Waals surface area contributed by atoms with E-state index in [-0.39, 0.29) is 5.91 Å². The summed E-state index contributed by atoms with van der Waals surface area (Å²) in [5.74, 6) is -0.805. The number of carbonyl (C=O) groups excluding carboxylic acids is 2. The molecule has 0 unspecified atom stereocenters. The number of amides is 2. The zero-order valence-electron chi connectivity index (χ0n) is 17.8. The van der Waals surface area contributed by atoms with Crippen molar-refractivity contribution in [3.8, 4) is 0 Å². The van der Waals surface area contributed by atoms with Crippen LogP contribution in [0.4, 0.5) is 0 Å². The Kier molecular flexibility index (Phi) is 7.26. The number of nitrogens with one attached hydrogen (secondary N) is 2. The quantitative estimate of drug-likeness (QED) is 0.448.